The largest absolute Gasteiger partial charge is 0.494 e. The second-order valence-corrected chi connectivity index (χ2v) is 4.97. The van der Waals surface area contributed by atoms with Gasteiger partial charge in [0.25, 0.3) is 0 Å². The van der Waals surface area contributed by atoms with Gasteiger partial charge in [0.05, 0.1) is 6.61 Å². The Balaban J connectivity index is 1.95. The summed E-state index contributed by atoms with van der Waals surface area (Å²) in [4.78, 5) is 0. The molecule has 94 valence electrons. The zero-order valence-corrected chi connectivity index (χ0v) is 10.8. The van der Waals surface area contributed by atoms with Gasteiger partial charge in [-0.05, 0) is 62.4 Å². The molecule has 0 aromatic heterocycles. The molecule has 0 unspecified atom stereocenters. The summed E-state index contributed by atoms with van der Waals surface area (Å²) in [5, 5.41) is 3.47. The SMILES string of the molecule is CCOc1ccc(NCC2(CN)CC2)cc1C. The van der Waals surface area contributed by atoms with Crippen molar-refractivity contribution in [3.05, 3.63) is 23.8 Å². The molecule has 3 N–H and O–H groups in total. The molecule has 1 aliphatic carbocycles. The lowest BCUT2D eigenvalue weighted by atomic mass is 10.1. The molecule has 0 atom stereocenters. The molecule has 3 nitrogen and oxygen atoms in total. The van der Waals surface area contributed by atoms with Gasteiger partial charge >= 0.3 is 0 Å². The average Bonchev–Trinajstić information content (AvgIpc) is 3.11. The predicted octanol–water partition coefficient (Wildman–Crippen LogP) is 2.54. The third kappa shape index (κ3) is 2.91. The van der Waals surface area contributed by atoms with E-state index >= 15 is 0 Å². The first-order chi connectivity index (χ1) is 8.19. The molecule has 17 heavy (non-hydrogen) atoms. The summed E-state index contributed by atoms with van der Waals surface area (Å²) in [6.45, 7) is 6.56. The van der Waals surface area contributed by atoms with Gasteiger partial charge in [0, 0.05) is 12.2 Å². The van der Waals surface area contributed by atoms with E-state index in [0.29, 0.717) is 12.0 Å². The highest BCUT2D eigenvalue weighted by atomic mass is 16.5. The first-order valence-electron chi connectivity index (χ1n) is 6.36. The molecular formula is C14H22N2O. The highest BCUT2D eigenvalue weighted by Gasteiger charge is 2.40. The molecule has 1 aromatic carbocycles. The van der Waals surface area contributed by atoms with Crippen LogP contribution >= 0.6 is 0 Å². The molecular weight excluding hydrogens is 212 g/mol. The Morgan fingerprint density at radius 2 is 2.18 bits per heavy atom. The number of aryl methyl sites for hydroxylation is 1. The molecule has 1 fully saturated rings. The minimum Gasteiger partial charge on any atom is -0.494 e. The van der Waals surface area contributed by atoms with E-state index in [-0.39, 0.29) is 0 Å². The minimum absolute atomic E-state index is 0.368. The summed E-state index contributed by atoms with van der Waals surface area (Å²) in [5.74, 6) is 0.970. The molecule has 0 heterocycles. The molecule has 1 aliphatic rings. The second-order valence-electron chi connectivity index (χ2n) is 4.97. The normalized spacial score (nSPS) is 16.6. The van der Waals surface area contributed by atoms with Crippen LogP contribution in [-0.4, -0.2) is 19.7 Å². The van der Waals surface area contributed by atoms with Gasteiger partial charge in [0.2, 0.25) is 0 Å². The average molecular weight is 234 g/mol. The summed E-state index contributed by atoms with van der Waals surface area (Å²) < 4.78 is 5.52. The Morgan fingerprint density at radius 3 is 2.71 bits per heavy atom. The lowest BCUT2D eigenvalue weighted by Gasteiger charge is -2.15. The fourth-order valence-electron chi connectivity index (χ4n) is 2.00. The van der Waals surface area contributed by atoms with Gasteiger partial charge in [-0.15, -0.1) is 0 Å². The van der Waals surface area contributed by atoms with Crippen molar-refractivity contribution >= 4 is 5.69 Å². The number of nitrogens with two attached hydrogens (primary N) is 1. The number of benzene rings is 1. The molecule has 3 heteroatoms. The fourth-order valence-corrected chi connectivity index (χ4v) is 2.00. The van der Waals surface area contributed by atoms with Crippen LogP contribution in [0, 0.1) is 12.3 Å². The van der Waals surface area contributed by atoms with Crippen LogP contribution in [-0.2, 0) is 0 Å². The monoisotopic (exact) mass is 234 g/mol. The van der Waals surface area contributed by atoms with Crippen LogP contribution in [0.15, 0.2) is 18.2 Å². The zero-order chi connectivity index (χ0) is 12.3. The third-order valence-electron chi connectivity index (χ3n) is 3.53. The van der Waals surface area contributed by atoms with Crippen molar-refractivity contribution < 1.29 is 4.74 Å². The summed E-state index contributed by atoms with van der Waals surface area (Å²) >= 11 is 0. The molecule has 0 amide bonds. The van der Waals surface area contributed by atoms with Crippen LogP contribution in [0.1, 0.15) is 25.3 Å². The number of nitrogens with one attached hydrogen (secondary N) is 1. The van der Waals surface area contributed by atoms with Crippen molar-refractivity contribution in [2.45, 2.75) is 26.7 Å². The quantitative estimate of drug-likeness (QED) is 0.795. The summed E-state index contributed by atoms with van der Waals surface area (Å²) in [7, 11) is 0. The number of hydrogen-bond donors (Lipinski definition) is 2. The van der Waals surface area contributed by atoms with E-state index < -0.39 is 0 Å². The van der Waals surface area contributed by atoms with E-state index in [2.05, 4.69) is 24.4 Å². The van der Waals surface area contributed by atoms with Gasteiger partial charge in [-0.2, -0.15) is 0 Å². The molecule has 0 spiro atoms. The number of ether oxygens (including phenoxy) is 1. The number of anilines is 1. The zero-order valence-electron chi connectivity index (χ0n) is 10.8. The van der Waals surface area contributed by atoms with Crippen LogP contribution in [0.5, 0.6) is 5.75 Å². The lowest BCUT2D eigenvalue weighted by Crippen LogP contribution is -2.24. The molecule has 0 bridgehead atoms. The van der Waals surface area contributed by atoms with E-state index in [4.69, 9.17) is 10.5 Å². The topological polar surface area (TPSA) is 47.3 Å². The van der Waals surface area contributed by atoms with E-state index in [9.17, 15) is 0 Å². The van der Waals surface area contributed by atoms with E-state index in [0.717, 1.165) is 24.5 Å². The van der Waals surface area contributed by atoms with Gasteiger partial charge < -0.3 is 15.8 Å². The van der Waals surface area contributed by atoms with Crippen molar-refractivity contribution in [2.24, 2.45) is 11.1 Å². The van der Waals surface area contributed by atoms with Crippen molar-refractivity contribution in [3.63, 3.8) is 0 Å². The molecule has 1 saturated carbocycles. The first-order valence-corrected chi connectivity index (χ1v) is 6.36. The smallest absolute Gasteiger partial charge is 0.122 e. The molecule has 0 saturated heterocycles. The Bertz CT molecular complexity index is 386. The maximum Gasteiger partial charge on any atom is 0.122 e. The highest BCUT2D eigenvalue weighted by Crippen LogP contribution is 2.44. The van der Waals surface area contributed by atoms with Crippen LogP contribution in [0.25, 0.3) is 0 Å². The van der Waals surface area contributed by atoms with Gasteiger partial charge in [-0.25, -0.2) is 0 Å². The van der Waals surface area contributed by atoms with Crippen molar-refractivity contribution in [1.29, 1.82) is 0 Å². The maximum atomic E-state index is 5.77. The Hall–Kier alpha value is -1.22. The van der Waals surface area contributed by atoms with Gasteiger partial charge in [-0.3, -0.25) is 0 Å². The van der Waals surface area contributed by atoms with E-state index in [1.54, 1.807) is 0 Å². The molecule has 2 rings (SSSR count). The number of rotatable bonds is 6. The van der Waals surface area contributed by atoms with Crippen LogP contribution in [0.3, 0.4) is 0 Å². The fraction of sp³-hybridized carbons (Fsp3) is 0.571. The Kier molecular flexibility index (Phi) is 3.57. The van der Waals surface area contributed by atoms with Gasteiger partial charge in [0.15, 0.2) is 0 Å². The van der Waals surface area contributed by atoms with Crippen molar-refractivity contribution in [2.75, 3.05) is 25.0 Å². The summed E-state index contributed by atoms with van der Waals surface area (Å²) in [5.41, 5.74) is 8.47. The summed E-state index contributed by atoms with van der Waals surface area (Å²) in [6, 6.07) is 6.24. The molecule has 1 aromatic rings. The Morgan fingerprint density at radius 1 is 1.41 bits per heavy atom. The molecule has 0 radical (unpaired) electrons. The minimum atomic E-state index is 0.368. The standard InChI is InChI=1S/C14H22N2O/c1-3-17-13-5-4-12(8-11(13)2)16-10-14(9-15)6-7-14/h4-5,8,16H,3,6-7,9-10,15H2,1-2H3. The maximum absolute atomic E-state index is 5.77. The van der Waals surface area contributed by atoms with Crippen LogP contribution < -0.4 is 15.8 Å². The molecule has 0 aliphatic heterocycles. The third-order valence-corrected chi connectivity index (χ3v) is 3.53. The van der Waals surface area contributed by atoms with Crippen LogP contribution in [0.2, 0.25) is 0 Å². The van der Waals surface area contributed by atoms with Gasteiger partial charge in [0.1, 0.15) is 5.75 Å². The lowest BCUT2D eigenvalue weighted by molar-refractivity contribution is 0.338. The van der Waals surface area contributed by atoms with E-state index in [1.807, 2.05) is 13.0 Å². The second kappa shape index (κ2) is 4.96. The van der Waals surface area contributed by atoms with Crippen LogP contribution in [0.4, 0.5) is 5.69 Å². The predicted molar refractivity (Wildman–Crippen MR) is 71.6 cm³/mol. The highest BCUT2D eigenvalue weighted by molar-refractivity contribution is 5.51. The Labute approximate surface area is 103 Å². The van der Waals surface area contributed by atoms with Crippen molar-refractivity contribution in [3.8, 4) is 5.75 Å². The van der Waals surface area contributed by atoms with Gasteiger partial charge in [-0.1, -0.05) is 0 Å². The summed E-state index contributed by atoms with van der Waals surface area (Å²) in [6.07, 6.45) is 2.51. The van der Waals surface area contributed by atoms with Crippen molar-refractivity contribution in [1.82, 2.24) is 0 Å². The number of hydrogen-bond acceptors (Lipinski definition) is 3. The first kappa shape index (κ1) is 12.2. The van der Waals surface area contributed by atoms with E-state index in [1.165, 1.54) is 18.4 Å².